The Balaban J connectivity index is 2.22. The highest BCUT2D eigenvalue weighted by molar-refractivity contribution is 6.32. The number of rotatable bonds is 2. The summed E-state index contributed by atoms with van der Waals surface area (Å²) in [6.45, 7) is 9.19. The molecule has 0 spiro atoms. The molecule has 5 heteroatoms. The van der Waals surface area contributed by atoms with Crippen molar-refractivity contribution in [1.82, 2.24) is 9.78 Å². The normalized spacial score (nSPS) is 21.7. The first-order valence-electron chi connectivity index (χ1n) is 7.08. The van der Waals surface area contributed by atoms with Gasteiger partial charge in [-0.1, -0.05) is 39.3 Å². The maximum Gasteiger partial charge on any atom is 0.287 e. The summed E-state index contributed by atoms with van der Waals surface area (Å²) in [7, 11) is 1.60. The Hall–Kier alpha value is -1.03. The Kier molecular flexibility index (Phi) is 3.89. The molecule has 4 nitrogen and oxygen atoms in total. The van der Waals surface area contributed by atoms with Crippen LogP contribution < -0.4 is 10.9 Å². The van der Waals surface area contributed by atoms with E-state index in [1.54, 1.807) is 13.2 Å². The van der Waals surface area contributed by atoms with Crippen molar-refractivity contribution in [1.29, 1.82) is 0 Å². The van der Waals surface area contributed by atoms with Crippen molar-refractivity contribution in [2.45, 2.75) is 53.0 Å². The highest BCUT2D eigenvalue weighted by Gasteiger charge is 2.38. The zero-order valence-corrected chi connectivity index (χ0v) is 13.7. The smallest absolute Gasteiger partial charge is 0.287 e. The third kappa shape index (κ3) is 3.35. The van der Waals surface area contributed by atoms with Crippen LogP contribution in [0.25, 0.3) is 0 Å². The van der Waals surface area contributed by atoms with E-state index in [9.17, 15) is 4.79 Å². The second-order valence-electron chi connectivity index (χ2n) is 7.56. The largest absolute Gasteiger partial charge is 0.380 e. The first-order valence-corrected chi connectivity index (χ1v) is 7.46. The number of halogens is 1. The van der Waals surface area contributed by atoms with Crippen molar-refractivity contribution >= 4 is 17.3 Å². The van der Waals surface area contributed by atoms with Crippen molar-refractivity contribution in [3.05, 3.63) is 21.6 Å². The van der Waals surface area contributed by atoms with E-state index in [0.29, 0.717) is 22.6 Å². The zero-order valence-electron chi connectivity index (χ0n) is 13.0. The topological polar surface area (TPSA) is 46.9 Å². The molecule has 1 aliphatic rings. The van der Waals surface area contributed by atoms with Crippen LogP contribution in [0, 0.1) is 10.8 Å². The number of aryl methyl sites for hydroxylation is 1. The molecular weight excluding hydrogens is 274 g/mol. The van der Waals surface area contributed by atoms with Crippen molar-refractivity contribution in [3.8, 4) is 0 Å². The van der Waals surface area contributed by atoms with Gasteiger partial charge in [0.15, 0.2) is 0 Å². The zero-order chi connectivity index (χ0) is 15.1. The summed E-state index contributed by atoms with van der Waals surface area (Å²) in [4.78, 5) is 11.8. The van der Waals surface area contributed by atoms with Crippen LogP contribution in [0.5, 0.6) is 0 Å². The van der Waals surface area contributed by atoms with Gasteiger partial charge in [-0.3, -0.25) is 4.79 Å². The van der Waals surface area contributed by atoms with Crippen LogP contribution in [0.15, 0.2) is 11.0 Å². The molecule has 1 fully saturated rings. The lowest BCUT2D eigenvalue weighted by Crippen LogP contribution is -2.40. The molecule has 0 atom stereocenters. The summed E-state index contributed by atoms with van der Waals surface area (Å²) < 4.78 is 1.25. The summed E-state index contributed by atoms with van der Waals surface area (Å²) in [5.74, 6) is 0. The van der Waals surface area contributed by atoms with E-state index in [4.69, 9.17) is 11.6 Å². The maximum absolute atomic E-state index is 11.8. The molecule has 0 unspecified atom stereocenters. The Morgan fingerprint density at radius 3 is 2.40 bits per heavy atom. The third-order valence-electron chi connectivity index (χ3n) is 3.99. The highest BCUT2D eigenvalue weighted by atomic mass is 35.5. The van der Waals surface area contributed by atoms with Gasteiger partial charge < -0.3 is 5.32 Å². The van der Waals surface area contributed by atoms with E-state index in [-0.39, 0.29) is 10.6 Å². The molecule has 0 saturated heterocycles. The second-order valence-corrected chi connectivity index (χ2v) is 7.93. The predicted molar refractivity (Wildman–Crippen MR) is 83.3 cm³/mol. The van der Waals surface area contributed by atoms with Gasteiger partial charge in [0.1, 0.15) is 5.02 Å². The van der Waals surface area contributed by atoms with Crippen LogP contribution in [0.2, 0.25) is 5.02 Å². The first-order chi connectivity index (χ1) is 9.10. The van der Waals surface area contributed by atoms with E-state index in [0.717, 1.165) is 12.8 Å². The van der Waals surface area contributed by atoms with Crippen molar-refractivity contribution < 1.29 is 0 Å². The predicted octanol–water partition coefficient (Wildman–Crippen LogP) is 3.45. The Labute approximate surface area is 125 Å². The second kappa shape index (κ2) is 5.06. The summed E-state index contributed by atoms with van der Waals surface area (Å²) in [6, 6.07) is 0.320. The quantitative estimate of drug-likeness (QED) is 0.909. The summed E-state index contributed by atoms with van der Waals surface area (Å²) in [5, 5.41) is 7.68. The standard InChI is InChI=1S/C15H24ClN3O/c1-14(2)6-10(7-15(3,4)9-14)18-11-8-17-19(5)13(20)12(11)16/h8,10,18H,6-7,9H2,1-5H3. The molecule has 1 N–H and O–H groups in total. The number of aromatic nitrogens is 2. The first kappa shape index (κ1) is 15.4. The average Bonchev–Trinajstić information content (AvgIpc) is 2.26. The molecule has 1 aliphatic carbocycles. The Morgan fingerprint density at radius 2 is 1.85 bits per heavy atom. The van der Waals surface area contributed by atoms with Gasteiger partial charge in [0, 0.05) is 13.1 Å². The third-order valence-corrected chi connectivity index (χ3v) is 4.36. The van der Waals surface area contributed by atoms with Crippen LogP contribution in [-0.4, -0.2) is 15.8 Å². The lowest BCUT2D eigenvalue weighted by molar-refractivity contribution is 0.105. The van der Waals surface area contributed by atoms with Crippen LogP contribution >= 0.6 is 11.6 Å². The number of hydrogen-bond donors (Lipinski definition) is 1. The van der Waals surface area contributed by atoms with E-state index in [1.165, 1.54) is 11.1 Å². The molecular formula is C15H24ClN3O. The number of hydrogen-bond acceptors (Lipinski definition) is 3. The van der Waals surface area contributed by atoms with Crippen LogP contribution in [0.3, 0.4) is 0 Å². The van der Waals surface area contributed by atoms with Gasteiger partial charge in [0.25, 0.3) is 5.56 Å². The average molecular weight is 298 g/mol. The van der Waals surface area contributed by atoms with E-state index in [2.05, 4.69) is 38.1 Å². The van der Waals surface area contributed by atoms with Gasteiger partial charge in [0.05, 0.1) is 11.9 Å². The molecule has 1 aromatic heterocycles. The molecule has 0 radical (unpaired) electrons. The number of nitrogens with zero attached hydrogens (tertiary/aromatic N) is 2. The summed E-state index contributed by atoms with van der Waals surface area (Å²) in [6.07, 6.45) is 4.99. The highest BCUT2D eigenvalue weighted by Crippen LogP contribution is 2.46. The minimum absolute atomic E-state index is 0.226. The molecule has 2 rings (SSSR count). The minimum Gasteiger partial charge on any atom is -0.380 e. The van der Waals surface area contributed by atoms with Crippen LogP contribution in [0.1, 0.15) is 47.0 Å². The minimum atomic E-state index is -0.258. The molecule has 112 valence electrons. The van der Waals surface area contributed by atoms with Crippen LogP contribution in [0.4, 0.5) is 5.69 Å². The fourth-order valence-electron chi connectivity index (χ4n) is 3.78. The fraction of sp³-hybridized carbons (Fsp3) is 0.733. The van der Waals surface area contributed by atoms with E-state index < -0.39 is 0 Å². The molecule has 1 aromatic rings. The molecule has 0 amide bonds. The fourth-order valence-corrected chi connectivity index (χ4v) is 4.01. The maximum atomic E-state index is 11.8. The molecule has 0 bridgehead atoms. The Bertz CT molecular complexity index is 547. The van der Waals surface area contributed by atoms with Crippen molar-refractivity contribution in [2.24, 2.45) is 17.9 Å². The number of nitrogens with one attached hydrogen (secondary N) is 1. The SMILES string of the molecule is Cn1ncc(NC2CC(C)(C)CC(C)(C)C2)c(Cl)c1=O. The molecule has 1 saturated carbocycles. The van der Waals surface area contributed by atoms with Gasteiger partial charge in [-0.25, -0.2) is 4.68 Å². The van der Waals surface area contributed by atoms with Gasteiger partial charge in [0.2, 0.25) is 0 Å². The molecule has 0 aromatic carbocycles. The number of anilines is 1. The monoisotopic (exact) mass is 297 g/mol. The van der Waals surface area contributed by atoms with E-state index >= 15 is 0 Å². The lowest BCUT2D eigenvalue weighted by atomic mass is 9.63. The summed E-state index contributed by atoms with van der Waals surface area (Å²) in [5.41, 5.74) is 0.970. The Morgan fingerprint density at radius 1 is 1.30 bits per heavy atom. The molecule has 0 aliphatic heterocycles. The summed E-state index contributed by atoms with van der Waals surface area (Å²) >= 11 is 6.12. The van der Waals surface area contributed by atoms with Gasteiger partial charge in [-0.15, -0.1) is 0 Å². The van der Waals surface area contributed by atoms with Crippen molar-refractivity contribution in [3.63, 3.8) is 0 Å². The lowest BCUT2D eigenvalue weighted by Gasteiger charge is -2.45. The molecule has 20 heavy (non-hydrogen) atoms. The van der Waals surface area contributed by atoms with E-state index in [1.807, 2.05) is 0 Å². The van der Waals surface area contributed by atoms with Gasteiger partial charge in [-0.2, -0.15) is 5.10 Å². The molecule has 1 heterocycles. The van der Waals surface area contributed by atoms with Gasteiger partial charge in [-0.05, 0) is 30.1 Å². The van der Waals surface area contributed by atoms with Gasteiger partial charge >= 0.3 is 0 Å². The van der Waals surface area contributed by atoms with Crippen molar-refractivity contribution in [2.75, 3.05) is 5.32 Å². The van der Waals surface area contributed by atoms with Crippen LogP contribution in [-0.2, 0) is 7.05 Å².